The van der Waals surface area contributed by atoms with Crippen LogP contribution in [0, 0.1) is 0 Å². The Balaban J connectivity index is 2.55. The summed E-state index contributed by atoms with van der Waals surface area (Å²) in [4.78, 5) is 11.7. The quantitative estimate of drug-likeness (QED) is 0.869. The molecule has 1 aromatic carbocycles. The third kappa shape index (κ3) is 4.63. The minimum absolute atomic E-state index is 0.146. The zero-order valence-corrected chi connectivity index (χ0v) is 11.6. The van der Waals surface area contributed by atoms with Crippen molar-refractivity contribution in [2.75, 3.05) is 20.3 Å². The van der Waals surface area contributed by atoms with Gasteiger partial charge in [-0.3, -0.25) is 4.79 Å². The highest BCUT2D eigenvalue weighted by molar-refractivity contribution is 9.10. The first kappa shape index (κ1) is 14.4. The van der Waals surface area contributed by atoms with Crippen LogP contribution in [0.1, 0.15) is 10.4 Å². The van der Waals surface area contributed by atoms with Crippen molar-refractivity contribution >= 4 is 33.4 Å². The van der Waals surface area contributed by atoms with Crippen LogP contribution in [-0.4, -0.2) is 37.4 Å². The highest BCUT2D eigenvalue weighted by Crippen LogP contribution is 2.23. The Morgan fingerprint density at radius 2 is 2.35 bits per heavy atom. The predicted molar refractivity (Wildman–Crippen MR) is 69.4 cm³/mol. The second-order valence-electron chi connectivity index (χ2n) is 3.45. The lowest BCUT2D eigenvalue weighted by Gasteiger charge is -2.11. The Hall–Kier alpha value is -0.620. The van der Waals surface area contributed by atoms with E-state index in [0.717, 1.165) is 0 Å². The molecule has 0 radical (unpaired) electrons. The van der Waals surface area contributed by atoms with Gasteiger partial charge in [0, 0.05) is 23.7 Å². The fourth-order valence-electron chi connectivity index (χ4n) is 1.20. The molecule has 1 aromatic rings. The lowest BCUT2D eigenvalue weighted by Crippen LogP contribution is -2.34. The fraction of sp³-hybridized carbons (Fsp3) is 0.364. The number of carbonyl (C=O) groups is 1. The Bertz CT molecular complexity index is 400. The molecule has 0 spiro atoms. The number of rotatable bonds is 5. The average molecular weight is 323 g/mol. The van der Waals surface area contributed by atoms with Crippen LogP contribution in [0.2, 0.25) is 5.02 Å². The summed E-state index contributed by atoms with van der Waals surface area (Å²) < 4.78 is 5.41. The maximum absolute atomic E-state index is 11.7. The molecule has 0 bridgehead atoms. The molecule has 0 saturated heterocycles. The number of hydrogen-bond donors (Lipinski definition) is 2. The van der Waals surface area contributed by atoms with Gasteiger partial charge in [-0.15, -0.1) is 0 Å². The van der Waals surface area contributed by atoms with Gasteiger partial charge in [0.15, 0.2) is 0 Å². The lowest BCUT2D eigenvalue weighted by atomic mass is 10.2. The first-order valence-corrected chi connectivity index (χ1v) is 6.12. The van der Waals surface area contributed by atoms with Crippen LogP contribution < -0.4 is 5.32 Å². The van der Waals surface area contributed by atoms with Crippen LogP contribution in [0.5, 0.6) is 0 Å². The third-order valence-corrected chi connectivity index (χ3v) is 3.25. The van der Waals surface area contributed by atoms with Crippen molar-refractivity contribution in [3.8, 4) is 0 Å². The molecule has 1 atom stereocenters. The SMILES string of the molecule is COCC(O)CNC(=O)c1ccc(Cl)c(Br)c1. The normalized spacial score (nSPS) is 12.2. The van der Waals surface area contributed by atoms with Gasteiger partial charge in [-0.25, -0.2) is 0 Å². The van der Waals surface area contributed by atoms with E-state index in [2.05, 4.69) is 21.2 Å². The van der Waals surface area contributed by atoms with Crippen molar-refractivity contribution in [3.63, 3.8) is 0 Å². The molecular weight excluding hydrogens is 309 g/mol. The largest absolute Gasteiger partial charge is 0.389 e. The molecule has 6 heteroatoms. The first-order chi connectivity index (χ1) is 8.04. The van der Waals surface area contributed by atoms with E-state index in [1.165, 1.54) is 7.11 Å². The number of amides is 1. The zero-order valence-electron chi connectivity index (χ0n) is 9.24. The van der Waals surface area contributed by atoms with E-state index in [4.69, 9.17) is 16.3 Å². The summed E-state index contributed by atoms with van der Waals surface area (Å²) in [6.07, 6.45) is -0.709. The number of benzene rings is 1. The van der Waals surface area contributed by atoms with E-state index in [9.17, 15) is 9.90 Å². The summed E-state index contributed by atoms with van der Waals surface area (Å²) in [5, 5.41) is 12.5. The van der Waals surface area contributed by atoms with Crippen LogP contribution in [0.25, 0.3) is 0 Å². The predicted octanol–water partition coefficient (Wildman–Crippen LogP) is 1.84. The second kappa shape index (κ2) is 6.96. The molecule has 17 heavy (non-hydrogen) atoms. The molecule has 1 rings (SSSR count). The molecule has 0 saturated carbocycles. The number of aliphatic hydroxyl groups is 1. The Morgan fingerprint density at radius 3 is 2.94 bits per heavy atom. The molecular formula is C11H13BrClNO3. The van der Waals surface area contributed by atoms with Crippen molar-refractivity contribution in [1.29, 1.82) is 0 Å². The Morgan fingerprint density at radius 1 is 1.65 bits per heavy atom. The van der Waals surface area contributed by atoms with Gasteiger partial charge in [0.1, 0.15) is 0 Å². The van der Waals surface area contributed by atoms with Gasteiger partial charge in [-0.05, 0) is 34.1 Å². The van der Waals surface area contributed by atoms with Gasteiger partial charge < -0.3 is 15.2 Å². The van der Waals surface area contributed by atoms with Crippen LogP contribution in [0.4, 0.5) is 0 Å². The fourth-order valence-corrected chi connectivity index (χ4v) is 1.70. The van der Waals surface area contributed by atoms with E-state index in [-0.39, 0.29) is 19.1 Å². The number of aliphatic hydroxyl groups excluding tert-OH is 1. The molecule has 0 aliphatic heterocycles. The summed E-state index contributed by atoms with van der Waals surface area (Å²) in [6, 6.07) is 4.87. The van der Waals surface area contributed by atoms with Gasteiger partial charge >= 0.3 is 0 Å². The summed E-state index contributed by atoms with van der Waals surface area (Å²) in [5.74, 6) is -0.266. The monoisotopic (exact) mass is 321 g/mol. The minimum atomic E-state index is -0.709. The molecule has 1 unspecified atom stereocenters. The summed E-state index contributed by atoms with van der Waals surface area (Å²) in [5.41, 5.74) is 0.478. The van der Waals surface area contributed by atoms with Crippen molar-refractivity contribution in [2.45, 2.75) is 6.10 Å². The van der Waals surface area contributed by atoms with Crippen molar-refractivity contribution in [3.05, 3.63) is 33.3 Å². The number of carbonyl (C=O) groups excluding carboxylic acids is 1. The smallest absolute Gasteiger partial charge is 0.251 e. The number of hydrogen-bond acceptors (Lipinski definition) is 3. The van der Waals surface area contributed by atoms with Gasteiger partial charge in [0.2, 0.25) is 0 Å². The molecule has 1 amide bonds. The van der Waals surface area contributed by atoms with Crippen molar-refractivity contribution in [1.82, 2.24) is 5.32 Å². The van der Waals surface area contributed by atoms with Crippen molar-refractivity contribution in [2.24, 2.45) is 0 Å². The van der Waals surface area contributed by atoms with E-state index in [1.54, 1.807) is 18.2 Å². The van der Waals surface area contributed by atoms with Crippen LogP contribution in [-0.2, 0) is 4.74 Å². The van der Waals surface area contributed by atoms with E-state index >= 15 is 0 Å². The topological polar surface area (TPSA) is 58.6 Å². The van der Waals surface area contributed by atoms with Gasteiger partial charge in [0.25, 0.3) is 5.91 Å². The van der Waals surface area contributed by atoms with Gasteiger partial charge in [0.05, 0.1) is 17.7 Å². The molecule has 0 heterocycles. The molecule has 0 aromatic heterocycles. The number of methoxy groups -OCH3 is 1. The molecule has 4 nitrogen and oxygen atoms in total. The molecule has 0 aliphatic rings. The summed E-state index contributed by atoms with van der Waals surface area (Å²) in [7, 11) is 1.49. The third-order valence-electron chi connectivity index (χ3n) is 2.04. The highest BCUT2D eigenvalue weighted by Gasteiger charge is 2.10. The molecule has 0 fully saturated rings. The first-order valence-electron chi connectivity index (χ1n) is 4.95. The number of ether oxygens (including phenoxy) is 1. The molecule has 0 aliphatic carbocycles. The maximum Gasteiger partial charge on any atom is 0.251 e. The van der Waals surface area contributed by atoms with Crippen LogP contribution >= 0.6 is 27.5 Å². The van der Waals surface area contributed by atoms with Crippen LogP contribution in [0.3, 0.4) is 0 Å². The van der Waals surface area contributed by atoms with Crippen LogP contribution in [0.15, 0.2) is 22.7 Å². The molecule has 2 N–H and O–H groups in total. The number of nitrogens with one attached hydrogen (secondary N) is 1. The Kier molecular flexibility index (Phi) is 5.91. The maximum atomic E-state index is 11.7. The van der Waals surface area contributed by atoms with Gasteiger partial charge in [-0.2, -0.15) is 0 Å². The van der Waals surface area contributed by atoms with E-state index < -0.39 is 6.10 Å². The second-order valence-corrected chi connectivity index (χ2v) is 4.71. The minimum Gasteiger partial charge on any atom is -0.389 e. The Labute approximate surface area is 113 Å². The molecule has 94 valence electrons. The van der Waals surface area contributed by atoms with E-state index in [1.807, 2.05) is 0 Å². The number of halogens is 2. The van der Waals surface area contributed by atoms with E-state index in [0.29, 0.717) is 15.1 Å². The lowest BCUT2D eigenvalue weighted by molar-refractivity contribution is 0.0610. The average Bonchev–Trinajstić information content (AvgIpc) is 2.30. The standard InChI is InChI=1S/C11H13BrClNO3/c1-17-6-8(15)5-14-11(16)7-2-3-10(13)9(12)4-7/h2-4,8,15H,5-6H2,1H3,(H,14,16). The summed E-state index contributed by atoms with van der Waals surface area (Å²) >= 11 is 9.06. The summed E-state index contributed by atoms with van der Waals surface area (Å²) in [6.45, 7) is 0.331. The van der Waals surface area contributed by atoms with Gasteiger partial charge in [-0.1, -0.05) is 11.6 Å². The zero-order chi connectivity index (χ0) is 12.8. The highest BCUT2D eigenvalue weighted by atomic mass is 79.9. The van der Waals surface area contributed by atoms with Crippen molar-refractivity contribution < 1.29 is 14.6 Å².